The highest BCUT2D eigenvalue weighted by atomic mass is 32.2. The smallest absolute Gasteiger partial charge is 0.224 e. The summed E-state index contributed by atoms with van der Waals surface area (Å²) in [5.74, 6) is -0.283. The Morgan fingerprint density at radius 3 is 2.67 bits per heavy atom. The highest BCUT2D eigenvalue weighted by Crippen LogP contribution is 2.22. The van der Waals surface area contributed by atoms with Crippen LogP contribution in [0.5, 0.6) is 0 Å². The van der Waals surface area contributed by atoms with E-state index in [9.17, 15) is 21.6 Å². The second kappa shape index (κ2) is 5.76. The molecule has 1 aromatic carbocycles. The van der Waals surface area contributed by atoms with Gasteiger partial charge in [0.05, 0.1) is 16.4 Å². The van der Waals surface area contributed by atoms with Gasteiger partial charge >= 0.3 is 0 Å². The van der Waals surface area contributed by atoms with Crippen LogP contribution in [0.3, 0.4) is 0 Å². The molecule has 0 saturated carbocycles. The number of anilines is 1. The maximum Gasteiger partial charge on any atom is 0.224 e. The van der Waals surface area contributed by atoms with Crippen LogP contribution in [0.1, 0.15) is 12.8 Å². The molecule has 2 rings (SSSR count). The van der Waals surface area contributed by atoms with Crippen LogP contribution in [0.4, 0.5) is 5.69 Å². The Hall–Kier alpha value is -1.41. The van der Waals surface area contributed by atoms with Crippen molar-refractivity contribution < 1.29 is 21.6 Å². The van der Waals surface area contributed by atoms with Crippen molar-refractivity contribution in [2.75, 3.05) is 23.1 Å². The van der Waals surface area contributed by atoms with Gasteiger partial charge in [0.2, 0.25) is 5.91 Å². The summed E-state index contributed by atoms with van der Waals surface area (Å²) in [6, 6.07) is 5.98. The van der Waals surface area contributed by atoms with E-state index in [1.807, 2.05) is 0 Å². The van der Waals surface area contributed by atoms with Gasteiger partial charge in [0, 0.05) is 18.4 Å². The van der Waals surface area contributed by atoms with Gasteiger partial charge in [-0.05, 0) is 30.5 Å². The monoisotopic (exact) mass is 331 g/mol. The summed E-state index contributed by atoms with van der Waals surface area (Å²) in [5.41, 5.74) is 0.392. The lowest BCUT2D eigenvalue weighted by molar-refractivity contribution is -0.116. The van der Waals surface area contributed by atoms with Crippen LogP contribution in [0.2, 0.25) is 0 Å². The molecule has 116 valence electrons. The summed E-state index contributed by atoms with van der Waals surface area (Å²) in [6.07, 6.45) is 1.72. The highest BCUT2D eigenvalue weighted by Gasteiger charge is 2.29. The van der Waals surface area contributed by atoms with Crippen LogP contribution in [-0.2, 0) is 24.5 Å². The molecule has 1 atom stereocenters. The maximum absolute atomic E-state index is 11.9. The average Bonchev–Trinajstić information content (AvgIpc) is 2.67. The van der Waals surface area contributed by atoms with Crippen molar-refractivity contribution in [2.24, 2.45) is 5.92 Å². The summed E-state index contributed by atoms with van der Waals surface area (Å²) in [6.45, 7) is 0. The van der Waals surface area contributed by atoms with Crippen LogP contribution in [0.15, 0.2) is 29.2 Å². The van der Waals surface area contributed by atoms with Gasteiger partial charge in [-0.1, -0.05) is 6.07 Å². The minimum atomic E-state index is -3.33. The van der Waals surface area contributed by atoms with Crippen LogP contribution >= 0.6 is 0 Å². The topological polar surface area (TPSA) is 97.4 Å². The van der Waals surface area contributed by atoms with Crippen molar-refractivity contribution in [2.45, 2.75) is 17.7 Å². The largest absolute Gasteiger partial charge is 0.326 e. The molecule has 1 heterocycles. The van der Waals surface area contributed by atoms with Crippen molar-refractivity contribution >= 4 is 31.3 Å². The fourth-order valence-corrected chi connectivity index (χ4v) is 4.84. The van der Waals surface area contributed by atoms with Gasteiger partial charge in [0.1, 0.15) is 0 Å². The lowest BCUT2D eigenvalue weighted by Crippen LogP contribution is -2.17. The SMILES string of the molecule is CS(=O)(=O)c1cccc(NC(=O)C[C@@H]2CCS(=O)(=O)C2)c1. The fourth-order valence-electron chi connectivity index (χ4n) is 2.31. The Morgan fingerprint density at radius 2 is 2.10 bits per heavy atom. The first-order chi connectivity index (χ1) is 9.66. The van der Waals surface area contributed by atoms with Gasteiger partial charge in [0.15, 0.2) is 19.7 Å². The molecule has 8 heteroatoms. The predicted molar refractivity (Wildman–Crippen MR) is 79.6 cm³/mol. The first-order valence-electron chi connectivity index (χ1n) is 6.46. The van der Waals surface area contributed by atoms with Crippen molar-refractivity contribution in [1.29, 1.82) is 0 Å². The zero-order chi connectivity index (χ0) is 15.7. The third-order valence-electron chi connectivity index (χ3n) is 3.35. The predicted octanol–water partition coefficient (Wildman–Crippen LogP) is 0.853. The van der Waals surface area contributed by atoms with E-state index in [1.54, 1.807) is 12.1 Å². The molecule has 6 nitrogen and oxygen atoms in total. The van der Waals surface area contributed by atoms with E-state index in [1.165, 1.54) is 12.1 Å². The van der Waals surface area contributed by atoms with Gasteiger partial charge in [-0.3, -0.25) is 4.79 Å². The van der Waals surface area contributed by atoms with Crippen molar-refractivity contribution in [3.8, 4) is 0 Å². The van der Waals surface area contributed by atoms with E-state index in [-0.39, 0.29) is 34.6 Å². The number of amides is 1. The molecule has 1 aliphatic rings. The third kappa shape index (κ3) is 4.53. The normalized spacial score (nSPS) is 21.1. The number of carbonyl (C=O) groups is 1. The summed E-state index contributed by atoms with van der Waals surface area (Å²) >= 11 is 0. The number of benzene rings is 1. The molecule has 21 heavy (non-hydrogen) atoms. The Morgan fingerprint density at radius 1 is 1.38 bits per heavy atom. The van der Waals surface area contributed by atoms with E-state index in [4.69, 9.17) is 0 Å². The lowest BCUT2D eigenvalue weighted by Gasteiger charge is -2.09. The van der Waals surface area contributed by atoms with Crippen molar-refractivity contribution in [3.63, 3.8) is 0 Å². The summed E-state index contributed by atoms with van der Waals surface area (Å²) in [5, 5.41) is 2.61. The average molecular weight is 331 g/mol. The Labute approximate surface area is 124 Å². The molecule has 1 fully saturated rings. The number of hydrogen-bond acceptors (Lipinski definition) is 5. The summed E-state index contributed by atoms with van der Waals surface area (Å²) < 4.78 is 45.6. The van der Waals surface area contributed by atoms with E-state index in [2.05, 4.69) is 5.32 Å². The molecule has 0 spiro atoms. The van der Waals surface area contributed by atoms with Crippen LogP contribution in [-0.4, -0.2) is 40.5 Å². The number of carbonyl (C=O) groups excluding carboxylic acids is 1. The van der Waals surface area contributed by atoms with Gasteiger partial charge in [0.25, 0.3) is 0 Å². The van der Waals surface area contributed by atoms with Crippen LogP contribution in [0, 0.1) is 5.92 Å². The first-order valence-corrected chi connectivity index (χ1v) is 10.2. The third-order valence-corrected chi connectivity index (χ3v) is 6.29. The molecule has 1 N–H and O–H groups in total. The van der Waals surface area contributed by atoms with E-state index in [0.717, 1.165) is 6.26 Å². The fraction of sp³-hybridized carbons (Fsp3) is 0.462. The van der Waals surface area contributed by atoms with E-state index in [0.29, 0.717) is 12.1 Å². The molecular weight excluding hydrogens is 314 g/mol. The second-order valence-electron chi connectivity index (χ2n) is 5.32. The molecular formula is C13H17NO5S2. The minimum Gasteiger partial charge on any atom is -0.326 e. The molecule has 1 saturated heterocycles. The molecule has 1 amide bonds. The van der Waals surface area contributed by atoms with Crippen molar-refractivity contribution in [3.05, 3.63) is 24.3 Å². The summed E-state index contributed by atoms with van der Waals surface area (Å²) in [7, 11) is -6.33. The van der Waals surface area contributed by atoms with E-state index >= 15 is 0 Å². The lowest BCUT2D eigenvalue weighted by atomic mass is 10.1. The molecule has 0 radical (unpaired) electrons. The first kappa shape index (κ1) is 16.0. The number of nitrogens with one attached hydrogen (secondary N) is 1. The molecule has 0 aromatic heterocycles. The minimum absolute atomic E-state index is 0.0454. The van der Waals surface area contributed by atoms with Gasteiger partial charge in [-0.25, -0.2) is 16.8 Å². The highest BCUT2D eigenvalue weighted by molar-refractivity contribution is 7.91. The van der Waals surface area contributed by atoms with Crippen LogP contribution in [0.25, 0.3) is 0 Å². The molecule has 1 aromatic rings. The molecule has 1 aliphatic heterocycles. The summed E-state index contributed by atoms with van der Waals surface area (Å²) in [4.78, 5) is 12.0. The van der Waals surface area contributed by atoms with Gasteiger partial charge in [-0.2, -0.15) is 0 Å². The van der Waals surface area contributed by atoms with E-state index < -0.39 is 19.7 Å². The number of rotatable bonds is 4. The van der Waals surface area contributed by atoms with Crippen LogP contribution < -0.4 is 5.32 Å². The Balaban J connectivity index is 2.01. The zero-order valence-electron chi connectivity index (χ0n) is 11.6. The molecule has 0 unspecified atom stereocenters. The van der Waals surface area contributed by atoms with Gasteiger partial charge < -0.3 is 5.32 Å². The standard InChI is InChI=1S/C13H17NO5S2/c1-20(16,17)12-4-2-3-11(8-12)14-13(15)7-10-5-6-21(18,19)9-10/h2-4,8,10H,5-7,9H2,1H3,(H,14,15)/t10-/m0/s1. The van der Waals surface area contributed by atoms with Crippen molar-refractivity contribution in [1.82, 2.24) is 0 Å². The number of sulfone groups is 2. The quantitative estimate of drug-likeness (QED) is 0.882. The second-order valence-corrected chi connectivity index (χ2v) is 9.57. The molecule has 0 aliphatic carbocycles. The maximum atomic E-state index is 11.9. The number of hydrogen-bond donors (Lipinski definition) is 1. The molecule has 0 bridgehead atoms. The Kier molecular flexibility index (Phi) is 4.38. The zero-order valence-corrected chi connectivity index (χ0v) is 13.2. The van der Waals surface area contributed by atoms with Gasteiger partial charge in [-0.15, -0.1) is 0 Å². The Bertz CT molecular complexity index is 753.